The lowest BCUT2D eigenvalue weighted by molar-refractivity contribution is -0.113. The van der Waals surface area contributed by atoms with Gasteiger partial charge in [-0.3, -0.25) is 9.89 Å². The van der Waals surface area contributed by atoms with Crippen molar-refractivity contribution in [3.8, 4) is 0 Å². The maximum Gasteiger partial charge on any atom is 0.234 e. The van der Waals surface area contributed by atoms with Gasteiger partial charge in [0.25, 0.3) is 0 Å². The Kier molecular flexibility index (Phi) is 5.38. The van der Waals surface area contributed by atoms with Crippen LogP contribution in [0.4, 0.5) is 5.69 Å². The van der Waals surface area contributed by atoms with E-state index in [0.29, 0.717) is 10.9 Å². The molecule has 0 saturated heterocycles. The number of hydrogen-bond donors (Lipinski definition) is 2. The molecule has 1 aromatic heterocycles. The number of anilines is 1. The van der Waals surface area contributed by atoms with Crippen molar-refractivity contribution in [3.05, 3.63) is 35.2 Å². The Bertz CT molecular complexity index is 624. The highest BCUT2D eigenvalue weighted by Crippen LogP contribution is 2.18. The van der Waals surface area contributed by atoms with E-state index in [0.717, 1.165) is 29.9 Å². The average molecular weight is 304 g/mol. The fourth-order valence-electron chi connectivity index (χ4n) is 1.96. The largest absolute Gasteiger partial charge is 0.325 e. The number of benzene rings is 1. The van der Waals surface area contributed by atoms with Crippen LogP contribution in [-0.2, 0) is 11.2 Å². The van der Waals surface area contributed by atoms with E-state index in [1.54, 1.807) is 0 Å². The molecule has 0 atom stereocenters. The molecule has 21 heavy (non-hydrogen) atoms. The third-order valence-electron chi connectivity index (χ3n) is 2.99. The summed E-state index contributed by atoms with van der Waals surface area (Å²) in [5, 5.41) is 10.5. The fourth-order valence-corrected chi connectivity index (χ4v) is 2.58. The van der Waals surface area contributed by atoms with Gasteiger partial charge < -0.3 is 5.32 Å². The minimum atomic E-state index is -0.0474. The zero-order valence-corrected chi connectivity index (χ0v) is 13.4. The van der Waals surface area contributed by atoms with Gasteiger partial charge in [-0.05, 0) is 31.9 Å². The van der Waals surface area contributed by atoms with Crippen LogP contribution in [-0.4, -0.2) is 26.8 Å². The molecule has 0 radical (unpaired) electrons. The van der Waals surface area contributed by atoms with Crippen LogP contribution in [0.2, 0.25) is 0 Å². The number of hydrogen-bond acceptors (Lipinski definition) is 4. The molecular weight excluding hydrogens is 284 g/mol. The predicted octanol–water partition coefficient (Wildman–Crippen LogP) is 3.10. The SMILES string of the molecule is CCCc1nc(SCC(=O)Nc2ccc(C)cc2C)n[nH]1. The number of aryl methyl sites for hydroxylation is 3. The lowest BCUT2D eigenvalue weighted by atomic mass is 10.1. The summed E-state index contributed by atoms with van der Waals surface area (Å²) in [6.45, 7) is 6.11. The van der Waals surface area contributed by atoms with E-state index in [1.165, 1.54) is 17.3 Å². The molecule has 1 heterocycles. The molecule has 0 saturated carbocycles. The number of carbonyl (C=O) groups is 1. The van der Waals surface area contributed by atoms with Crippen LogP contribution in [0.1, 0.15) is 30.3 Å². The van der Waals surface area contributed by atoms with Crippen LogP contribution in [0.3, 0.4) is 0 Å². The number of carbonyl (C=O) groups excluding carboxylic acids is 1. The maximum absolute atomic E-state index is 12.0. The van der Waals surface area contributed by atoms with Crippen LogP contribution >= 0.6 is 11.8 Å². The van der Waals surface area contributed by atoms with Gasteiger partial charge >= 0.3 is 0 Å². The van der Waals surface area contributed by atoms with Crippen molar-refractivity contribution in [2.45, 2.75) is 38.8 Å². The number of rotatable bonds is 6. The average Bonchev–Trinajstić information content (AvgIpc) is 2.88. The summed E-state index contributed by atoms with van der Waals surface area (Å²) in [7, 11) is 0. The quantitative estimate of drug-likeness (QED) is 0.804. The topological polar surface area (TPSA) is 70.7 Å². The van der Waals surface area contributed by atoms with Crippen molar-refractivity contribution in [2.75, 3.05) is 11.1 Å². The van der Waals surface area contributed by atoms with Crippen molar-refractivity contribution < 1.29 is 4.79 Å². The Balaban J connectivity index is 1.86. The van der Waals surface area contributed by atoms with Crippen molar-refractivity contribution in [1.29, 1.82) is 0 Å². The molecule has 0 aliphatic heterocycles. The summed E-state index contributed by atoms with van der Waals surface area (Å²) in [5.41, 5.74) is 3.10. The van der Waals surface area contributed by atoms with E-state index in [1.807, 2.05) is 26.0 Å². The van der Waals surface area contributed by atoms with Gasteiger partial charge in [0.1, 0.15) is 5.82 Å². The van der Waals surface area contributed by atoms with Crippen LogP contribution in [0, 0.1) is 13.8 Å². The Morgan fingerprint density at radius 2 is 2.19 bits per heavy atom. The highest BCUT2D eigenvalue weighted by molar-refractivity contribution is 7.99. The van der Waals surface area contributed by atoms with Gasteiger partial charge in [0.2, 0.25) is 11.1 Å². The summed E-state index contributed by atoms with van der Waals surface area (Å²) < 4.78 is 0. The Labute approximate surface area is 128 Å². The van der Waals surface area contributed by atoms with Gasteiger partial charge in [0.15, 0.2) is 0 Å². The molecule has 0 fully saturated rings. The van der Waals surface area contributed by atoms with E-state index < -0.39 is 0 Å². The molecule has 5 nitrogen and oxygen atoms in total. The molecular formula is C15H20N4OS. The van der Waals surface area contributed by atoms with Gasteiger partial charge in [-0.2, -0.15) is 0 Å². The minimum absolute atomic E-state index is 0.0474. The Morgan fingerprint density at radius 3 is 2.90 bits per heavy atom. The van der Waals surface area contributed by atoms with E-state index in [4.69, 9.17) is 0 Å². The van der Waals surface area contributed by atoms with Crippen molar-refractivity contribution in [3.63, 3.8) is 0 Å². The zero-order valence-electron chi connectivity index (χ0n) is 12.6. The summed E-state index contributed by atoms with van der Waals surface area (Å²) in [6, 6.07) is 5.97. The lowest BCUT2D eigenvalue weighted by Crippen LogP contribution is -2.15. The predicted molar refractivity (Wildman–Crippen MR) is 85.6 cm³/mol. The van der Waals surface area contributed by atoms with Gasteiger partial charge in [0.05, 0.1) is 5.75 Å². The van der Waals surface area contributed by atoms with Crippen LogP contribution < -0.4 is 5.32 Å². The molecule has 2 aromatic rings. The number of thioether (sulfide) groups is 1. The van der Waals surface area contributed by atoms with E-state index in [2.05, 4.69) is 33.5 Å². The molecule has 112 valence electrons. The van der Waals surface area contributed by atoms with Gasteiger partial charge in [0, 0.05) is 12.1 Å². The van der Waals surface area contributed by atoms with E-state index in [9.17, 15) is 4.79 Å². The monoisotopic (exact) mass is 304 g/mol. The maximum atomic E-state index is 12.0. The number of amides is 1. The van der Waals surface area contributed by atoms with E-state index >= 15 is 0 Å². The number of nitrogens with zero attached hydrogens (tertiary/aromatic N) is 2. The summed E-state index contributed by atoms with van der Waals surface area (Å²) >= 11 is 1.34. The Hall–Kier alpha value is -1.82. The summed E-state index contributed by atoms with van der Waals surface area (Å²) in [4.78, 5) is 16.3. The minimum Gasteiger partial charge on any atom is -0.325 e. The fraction of sp³-hybridized carbons (Fsp3) is 0.400. The Morgan fingerprint density at radius 1 is 1.38 bits per heavy atom. The molecule has 6 heteroatoms. The molecule has 1 amide bonds. The zero-order chi connectivity index (χ0) is 15.2. The number of aromatic nitrogens is 3. The number of aromatic amines is 1. The first-order valence-corrected chi connectivity index (χ1v) is 7.98. The van der Waals surface area contributed by atoms with Crippen molar-refractivity contribution >= 4 is 23.4 Å². The molecule has 0 spiro atoms. The molecule has 0 aliphatic rings. The van der Waals surface area contributed by atoms with E-state index in [-0.39, 0.29) is 5.91 Å². The highest BCUT2D eigenvalue weighted by atomic mass is 32.2. The van der Waals surface area contributed by atoms with Gasteiger partial charge in [-0.15, -0.1) is 5.10 Å². The first kappa shape index (κ1) is 15.6. The lowest BCUT2D eigenvalue weighted by Gasteiger charge is -2.08. The van der Waals surface area contributed by atoms with Crippen LogP contribution in [0.15, 0.2) is 23.4 Å². The molecule has 2 rings (SSSR count). The highest BCUT2D eigenvalue weighted by Gasteiger charge is 2.09. The first-order valence-electron chi connectivity index (χ1n) is 6.99. The second-order valence-corrected chi connectivity index (χ2v) is 5.91. The summed E-state index contributed by atoms with van der Waals surface area (Å²) in [6.07, 6.45) is 1.90. The molecule has 0 bridgehead atoms. The number of nitrogens with one attached hydrogen (secondary N) is 2. The summed E-state index contributed by atoms with van der Waals surface area (Å²) in [5.74, 6) is 1.13. The standard InChI is InChI=1S/C15H20N4OS/c1-4-5-13-17-15(19-18-13)21-9-14(20)16-12-7-6-10(2)8-11(12)3/h6-8H,4-5,9H2,1-3H3,(H,16,20)(H,17,18,19). The molecule has 1 aromatic carbocycles. The van der Waals surface area contributed by atoms with Gasteiger partial charge in [-0.25, -0.2) is 4.98 Å². The second-order valence-electron chi connectivity index (χ2n) is 4.97. The number of H-pyrrole nitrogens is 1. The van der Waals surface area contributed by atoms with Crippen molar-refractivity contribution in [1.82, 2.24) is 15.2 Å². The molecule has 2 N–H and O–H groups in total. The van der Waals surface area contributed by atoms with Gasteiger partial charge in [-0.1, -0.05) is 36.4 Å². The molecule has 0 aliphatic carbocycles. The van der Waals surface area contributed by atoms with Crippen LogP contribution in [0.5, 0.6) is 0 Å². The second kappa shape index (κ2) is 7.26. The third kappa shape index (κ3) is 4.60. The van der Waals surface area contributed by atoms with Crippen LogP contribution in [0.25, 0.3) is 0 Å². The van der Waals surface area contributed by atoms with Crippen molar-refractivity contribution in [2.24, 2.45) is 0 Å². The first-order chi connectivity index (χ1) is 10.1. The smallest absolute Gasteiger partial charge is 0.234 e. The third-order valence-corrected chi connectivity index (χ3v) is 3.83. The normalized spacial score (nSPS) is 10.6. The molecule has 0 unspecified atom stereocenters.